The molecule has 2 heterocycles. The zero-order chi connectivity index (χ0) is 14.7. The highest BCUT2D eigenvalue weighted by Gasteiger charge is 2.04. The summed E-state index contributed by atoms with van der Waals surface area (Å²) in [5.41, 5.74) is 1.63. The average molecular weight is 296 g/mol. The minimum atomic E-state index is -0.965. The Labute approximate surface area is 125 Å². The zero-order valence-corrected chi connectivity index (χ0v) is 11.8. The maximum Gasteiger partial charge on any atom is 0.328 e. The van der Waals surface area contributed by atoms with E-state index in [1.807, 2.05) is 52.6 Å². The van der Waals surface area contributed by atoms with Crippen LogP contribution >= 0.6 is 11.9 Å². The molecule has 0 unspecified atom stereocenters. The summed E-state index contributed by atoms with van der Waals surface area (Å²) < 4.78 is 2.00. The van der Waals surface area contributed by atoms with Gasteiger partial charge in [-0.2, -0.15) is 0 Å². The van der Waals surface area contributed by atoms with E-state index in [9.17, 15) is 4.79 Å². The van der Waals surface area contributed by atoms with E-state index >= 15 is 0 Å². The number of nitrogens with zero attached hydrogens (tertiary/aromatic N) is 2. The van der Waals surface area contributed by atoms with Gasteiger partial charge in [-0.05, 0) is 47.9 Å². The number of fused-ring (bicyclic) bond motifs is 1. The molecule has 4 nitrogen and oxygen atoms in total. The smallest absolute Gasteiger partial charge is 0.328 e. The van der Waals surface area contributed by atoms with Gasteiger partial charge in [-0.15, -0.1) is 0 Å². The molecule has 0 saturated carbocycles. The number of rotatable bonds is 4. The summed E-state index contributed by atoms with van der Waals surface area (Å²) in [5, 5.41) is 9.62. The second kappa shape index (κ2) is 5.85. The van der Waals surface area contributed by atoms with Crippen LogP contribution in [0.1, 0.15) is 5.56 Å². The quantitative estimate of drug-likeness (QED) is 0.746. The van der Waals surface area contributed by atoms with E-state index < -0.39 is 5.97 Å². The molecule has 0 saturated heterocycles. The monoisotopic (exact) mass is 296 g/mol. The molecule has 0 amide bonds. The first-order chi connectivity index (χ1) is 10.2. The molecule has 0 bridgehead atoms. The van der Waals surface area contributed by atoms with Gasteiger partial charge in [0, 0.05) is 28.8 Å². The molecule has 3 rings (SSSR count). The Kier molecular flexibility index (Phi) is 3.75. The molecular formula is C16H12N2O2S. The molecule has 5 heteroatoms. The minimum absolute atomic E-state index is 0.771. The van der Waals surface area contributed by atoms with Crippen molar-refractivity contribution in [3.8, 4) is 0 Å². The number of pyridine rings is 1. The van der Waals surface area contributed by atoms with E-state index in [4.69, 9.17) is 5.11 Å². The van der Waals surface area contributed by atoms with Gasteiger partial charge in [0.05, 0.1) is 0 Å². The van der Waals surface area contributed by atoms with Gasteiger partial charge in [0.2, 0.25) is 0 Å². The Morgan fingerprint density at radius 1 is 1.24 bits per heavy atom. The van der Waals surface area contributed by atoms with Gasteiger partial charge in [-0.3, -0.25) is 3.97 Å². The van der Waals surface area contributed by atoms with Crippen molar-refractivity contribution in [3.63, 3.8) is 0 Å². The summed E-state index contributed by atoms with van der Waals surface area (Å²) in [7, 11) is 0. The summed E-state index contributed by atoms with van der Waals surface area (Å²) >= 11 is 1.59. The van der Waals surface area contributed by atoms with Crippen LogP contribution in [-0.2, 0) is 4.79 Å². The van der Waals surface area contributed by atoms with Crippen LogP contribution in [0, 0.1) is 0 Å². The topological polar surface area (TPSA) is 55.1 Å². The summed E-state index contributed by atoms with van der Waals surface area (Å²) in [6.45, 7) is 0. The first kappa shape index (κ1) is 13.5. The molecule has 1 N–H and O–H groups in total. The molecule has 0 atom stereocenters. The van der Waals surface area contributed by atoms with Crippen LogP contribution in [0.4, 0.5) is 0 Å². The van der Waals surface area contributed by atoms with Crippen LogP contribution in [-0.4, -0.2) is 20.0 Å². The van der Waals surface area contributed by atoms with E-state index in [-0.39, 0.29) is 0 Å². The minimum Gasteiger partial charge on any atom is -0.478 e. The zero-order valence-electron chi connectivity index (χ0n) is 11.0. The molecule has 0 aliphatic rings. The molecular weight excluding hydrogens is 284 g/mol. The van der Waals surface area contributed by atoms with E-state index in [1.165, 1.54) is 6.08 Å². The second-order valence-corrected chi connectivity index (χ2v) is 5.45. The van der Waals surface area contributed by atoms with Crippen molar-refractivity contribution in [2.24, 2.45) is 0 Å². The number of hydrogen-bond acceptors (Lipinski definition) is 3. The van der Waals surface area contributed by atoms with Crippen LogP contribution in [0.2, 0.25) is 0 Å². The lowest BCUT2D eigenvalue weighted by molar-refractivity contribution is -0.131. The van der Waals surface area contributed by atoms with Crippen LogP contribution in [0.3, 0.4) is 0 Å². The molecule has 0 spiro atoms. The van der Waals surface area contributed by atoms with Gasteiger partial charge in [0.25, 0.3) is 0 Å². The summed E-state index contributed by atoms with van der Waals surface area (Å²) in [5.74, 6) is -0.965. The van der Waals surface area contributed by atoms with E-state index in [1.54, 1.807) is 18.1 Å². The van der Waals surface area contributed by atoms with Gasteiger partial charge in [0.15, 0.2) is 0 Å². The number of aliphatic carboxylic acids is 1. The molecule has 0 fully saturated rings. The molecule has 0 aliphatic carbocycles. The van der Waals surface area contributed by atoms with Crippen molar-refractivity contribution in [3.05, 3.63) is 66.5 Å². The fourth-order valence-electron chi connectivity index (χ4n) is 1.94. The lowest BCUT2D eigenvalue weighted by Gasteiger charge is -2.03. The second-order valence-electron chi connectivity index (χ2n) is 4.40. The van der Waals surface area contributed by atoms with Crippen molar-refractivity contribution < 1.29 is 9.90 Å². The van der Waals surface area contributed by atoms with Gasteiger partial charge < -0.3 is 5.11 Å². The Morgan fingerprint density at radius 2 is 2.05 bits per heavy atom. The number of benzene rings is 1. The van der Waals surface area contributed by atoms with E-state index in [0.717, 1.165) is 27.6 Å². The fourth-order valence-corrected chi connectivity index (χ4v) is 2.81. The molecule has 21 heavy (non-hydrogen) atoms. The molecule has 3 aromatic rings. The van der Waals surface area contributed by atoms with Crippen LogP contribution in [0.25, 0.3) is 17.1 Å². The number of carboxylic acids is 1. The SMILES string of the molecule is O=C(O)/C=C/c1cnc2c(ccn2Sc2ccccc2)c1. The van der Waals surface area contributed by atoms with Crippen LogP contribution in [0.15, 0.2) is 65.8 Å². The third-order valence-electron chi connectivity index (χ3n) is 2.88. The molecule has 2 aromatic heterocycles. The molecule has 1 aromatic carbocycles. The number of carbonyl (C=O) groups is 1. The Morgan fingerprint density at radius 3 is 2.81 bits per heavy atom. The van der Waals surface area contributed by atoms with E-state index in [2.05, 4.69) is 4.98 Å². The normalized spacial score (nSPS) is 11.2. The number of carboxylic acid groups (broad SMARTS) is 1. The highest BCUT2D eigenvalue weighted by atomic mass is 32.2. The van der Waals surface area contributed by atoms with Crippen molar-refractivity contribution in [2.45, 2.75) is 4.90 Å². The first-order valence-electron chi connectivity index (χ1n) is 6.34. The Hall–Kier alpha value is -2.53. The third-order valence-corrected chi connectivity index (χ3v) is 3.85. The van der Waals surface area contributed by atoms with Crippen LogP contribution in [0.5, 0.6) is 0 Å². The highest BCUT2D eigenvalue weighted by Crippen LogP contribution is 2.25. The third kappa shape index (κ3) is 3.14. The standard InChI is InChI=1S/C16H12N2O2S/c19-15(20)7-6-12-10-13-8-9-18(16(13)17-11-12)21-14-4-2-1-3-5-14/h1-11H,(H,19,20)/b7-6+. The Balaban J connectivity index is 1.91. The van der Waals surface area contributed by atoms with Crippen molar-refractivity contribution in [1.29, 1.82) is 0 Å². The lowest BCUT2D eigenvalue weighted by Crippen LogP contribution is -1.89. The fraction of sp³-hybridized carbons (Fsp3) is 0. The molecule has 104 valence electrons. The predicted molar refractivity (Wildman–Crippen MR) is 84.1 cm³/mol. The maximum atomic E-state index is 10.5. The van der Waals surface area contributed by atoms with Crippen LogP contribution < -0.4 is 0 Å². The van der Waals surface area contributed by atoms with Gasteiger partial charge in [-0.1, -0.05) is 18.2 Å². The number of aromatic nitrogens is 2. The van der Waals surface area contributed by atoms with Crippen molar-refractivity contribution in [2.75, 3.05) is 0 Å². The van der Waals surface area contributed by atoms with Gasteiger partial charge >= 0.3 is 5.97 Å². The lowest BCUT2D eigenvalue weighted by atomic mass is 10.2. The van der Waals surface area contributed by atoms with Crippen molar-refractivity contribution in [1.82, 2.24) is 8.96 Å². The van der Waals surface area contributed by atoms with E-state index in [0.29, 0.717) is 0 Å². The summed E-state index contributed by atoms with van der Waals surface area (Å²) in [6, 6.07) is 13.9. The maximum absolute atomic E-state index is 10.5. The number of hydrogen-bond donors (Lipinski definition) is 1. The molecule has 0 radical (unpaired) electrons. The summed E-state index contributed by atoms with van der Waals surface area (Å²) in [4.78, 5) is 16.1. The Bertz CT molecular complexity index is 810. The predicted octanol–water partition coefficient (Wildman–Crippen LogP) is 3.69. The largest absolute Gasteiger partial charge is 0.478 e. The van der Waals surface area contributed by atoms with Gasteiger partial charge in [0.1, 0.15) is 5.65 Å². The highest BCUT2D eigenvalue weighted by molar-refractivity contribution is 7.98. The first-order valence-corrected chi connectivity index (χ1v) is 7.11. The average Bonchev–Trinajstić information content (AvgIpc) is 2.89. The van der Waals surface area contributed by atoms with Crippen molar-refractivity contribution >= 4 is 35.0 Å². The molecule has 0 aliphatic heterocycles. The summed E-state index contributed by atoms with van der Waals surface area (Å²) in [6.07, 6.45) is 6.28. The van der Waals surface area contributed by atoms with Gasteiger partial charge in [-0.25, -0.2) is 9.78 Å².